The topological polar surface area (TPSA) is 88.9 Å². The van der Waals surface area contributed by atoms with Crippen molar-refractivity contribution in [1.29, 1.82) is 0 Å². The van der Waals surface area contributed by atoms with Gasteiger partial charge in [0.2, 0.25) is 5.91 Å². The Morgan fingerprint density at radius 2 is 1.84 bits per heavy atom. The summed E-state index contributed by atoms with van der Waals surface area (Å²) in [5.41, 5.74) is 3.41. The van der Waals surface area contributed by atoms with Gasteiger partial charge in [0.1, 0.15) is 0 Å². The van der Waals surface area contributed by atoms with Gasteiger partial charge in [-0.1, -0.05) is 53.7 Å². The van der Waals surface area contributed by atoms with E-state index in [2.05, 4.69) is 27.4 Å². The predicted molar refractivity (Wildman–Crippen MR) is 128 cm³/mol. The third kappa shape index (κ3) is 5.85. The minimum Gasteiger partial charge on any atom is -0.342 e. The maximum atomic E-state index is 12.7. The maximum absolute atomic E-state index is 12.7. The van der Waals surface area contributed by atoms with E-state index in [1.807, 2.05) is 67.8 Å². The molecule has 2 amide bonds. The number of rotatable bonds is 9. The largest absolute Gasteiger partial charge is 0.342 e. The summed E-state index contributed by atoms with van der Waals surface area (Å²) in [7, 11) is 0. The molecule has 0 radical (unpaired) electrons. The second-order valence-electron chi connectivity index (χ2n) is 7.45. The summed E-state index contributed by atoms with van der Waals surface area (Å²) in [6.45, 7) is 10.0. The second-order valence-corrected chi connectivity index (χ2v) is 8.40. The monoisotopic (exact) mass is 449 g/mol. The molecule has 0 aliphatic carbocycles. The van der Waals surface area contributed by atoms with E-state index in [0.29, 0.717) is 23.1 Å². The SMILES string of the molecule is C=CCn1c(SCC(=O)Nc2ccc(C)cc2)nnc1[C@H](C)NC(=O)c1ccccc1C. The van der Waals surface area contributed by atoms with Crippen molar-refractivity contribution in [1.82, 2.24) is 20.1 Å². The van der Waals surface area contributed by atoms with Crippen molar-refractivity contribution in [3.63, 3.8) is 0 Å². The minimum atomic E-state index is -0.370. The van der Waals surface area contributed by atoms with Crippen LogP contribution in [0.4, 0.5) is 5.69 Å². The first kappa shape index (κ1) is 23.3. The summed E-state index contributed by atoms with van der Waals surface area (Å²) >= 11 is 1.29. The van der Waals surface area contributed by atoms with Crippen LogP contribution in [0.1, 0.15) is 40.3 Å². The van der Waals surface area contributed by atoms with E-state index in [-0.39, 0.29) is 23.6 Å². The summed E-state index contributed by atoms with van der Waals surface area (Å²) in [5, 5.41) is 15.0. The quantitative estimate of drug-likeness (QED) is 0.376. The van der Waals surface area contributed by atoms with Crippen molar-refractivity contribution in [3.8, 4) is 0 Å². The van der Waals surface area contributed by atoms with Gasteiger partial charge in [-0.05, 0) is 44.5 Å². The predicted octanol–water partition coefficient (Wildman–Crippen LogP) is 4.30. The van der Waals surface area contributed by atoms with Crippen molar-refractivity contribution in [2.45, 2.75) is 38.5 Å². The fraction of sp³-hybridized carbons (Fsp3) is 0.250. The molecular formula is C24H27N5O2S. The zero-order valence-corrected chi connectivity index (χ0v) is 19.3. The van der Waals surface area contributed by atoms with Crippen LogP contribution in [-0.4, -0.2) is 32.3 Å². The van der Waals surface area contributed by atoms with Gasteiger partial charge in [0.15, 0.2) is 11.0 Å². The lowest BCUT2D eigenvalue weighted by Crippen LogP contribution is -2.29. The molecule has 0 unspecified atom stereocenters. The van der Waals surface area contributed by atoms with Crippen LogP contribution in [0.3, 0.4) is 0 Å². The van der Waals surface area contributed by atoms with E-state index in [4.69, 9.17) is 0 Å². The average molecular weight is 450 g/mol. The van der Waals surface area contributed by atoms with E-state index in [9.17, 15) is 9.59 Å². The zero-order valence-electron chi connectivity index (χ0n) is 18.5. The molecular weight excluding hydrogens is 422 g/mol. The number of allylic oxidation sites excluding steroid dienone is 1. The van der Waals surface area contributed by atoms with Crippen LogP contribution in [-0.2, 0) is 11.3 Å². The molecule has 7 nitrogen and oxygen atoms in total. The van der Waals surface area contributed by atoms with Gasteiger partial charge in [-0.3, -0.25) is 9.59 Å². The van der Waals surface area contributed by atoms with Crippen LogP contribution in [0.2, 0.25) is 0 Å². The first-order valence-corrected chi connectivity index (χ1v) is 11.3. The molecule has 0 saturated carbocycles. The van der Waals surface area contributed by atoms with Crippen LogP contribution in [0.15, 0.2) is 66.3 Å². The lowest BCUT2D eigenvalue weighted by atomic mass is 10.1. The molecule has 0 fully saturated rings. The summed E-state index contributed by atoms with van der Waals surface area (Å²) in [6.07, 6.45) is 1.74. The number of carbonyl (C=O) groups excluding carboxylic acids is 2. The van der Waals surface area contributed by atoms with Gasteiger partial charge in [-0.15, -0.1) is 16.8 Å². The Balaban J connectivity index is 1.67. The van der Waals surface area contributed by atoms with E-state index in [0.717, 1.165) is 16.8 Å². The maximum Gasteiger partial charge on any atom is 0.252 e. The molecule has 166 valence electrons. The lowest BCUT2D eigenvalue weighted by molar-refractivity contribution is -0.113. The summed E-state index contributed by atoms with van der Waals surface area (Å²) < 4.78 is 1.86. The molecule has 1 aromatic heterocycles. The summed E-state index contributed by atoms with van der Waals surface area (Å²) in [4.78, 5) is 25.0. The molecule has 0 aliphatic rings. The van der Waals surface area contributed by atoms with E-state index in [1.165, 1.54) is 11.8 Å². The van der Waals surface area contributed by atoms with Crippen LogP contribution >= 0.6 is 11.8 Å². The highest BCUT2D eigenvalue weighted by Crippen LogP contribution is 2.22. The van der Waals surface area contributed by atoms with Gasteiger partial charge in [0.25, 0.3) is 5.91 Å². The van der Waals surface area contributed by atoms with Gasteiger partial charge in [0.05, 0.1) is 11.8 Å². The number of amides is 2. The number of nitrogens with one attached hydrogen (secondary N) is 2. The van der Waals surface area contributed by atoms with Crippen LogP contribution in [0, 0.1) is 13.8 Å². The first-order valence-electron chi connectivity index (χ1n) is 10.3. The van der Waals surface area contributed by atoms with Crippen molar-refractivity contribution in [2.75, 3.05) is 11.1 Å². The van der Waals surface area contributed by atoms with Crippen LogP contribution in [0.5, 0.6) is 0 Å². The molecule has 2 aromatic carbocycles. The minimum absolute atomic E-state index is 0.130. The molecule has 3 aromatic rings. The number of hydrogen-bond donors (Lipinski definition) is 2. The van der Waals surface area contributed by atoms with Crippen LogP contribution in [0.25, 0.3) is 0 Å². The molecule has 0 spiro atoms. The smallest absolute Gasteiger partial charge is 0.252 e. The van der Waals surface area contributed by atoms with Gasteiger partial charge in [-0.2, -0.15) is 0 Å². The summed E-state index contributed by atoms with van der Waals surface area (Å²) in [6, 6.07) is 14.7. The molecule has 0 saturated heterocycles. The lowest BCUT2D eigenvalue weighted by Gasteiger charge is -2.16. The fourth-order valence-corrected chi connectivity index (χ4v) is 3.91. The second kappa shape index (κ2) is 10.8. The molecule has 1 heterocycles. The molecule has 2 N–H and O–H groups in total. The third-order valence-corrected chi connectivity index (χ3v) is 5.82. The third-order valence-electron chi connectivity index (χ3n) is 4.85. The molecule has 3 rings (SSSR count). The number of carbonyl (C=O) groups is 2. The number of anilines is 1. The Labute approximate surface area is 192 Å². The number of benzene rings is 2. The van der Waals surface area contributed by atoms with Crippen LogP contribution < -0.4 is 10.6 Å². The Morgan fingerprint density at radius 3 is 2.53 bits per heavy atom. The van der Waals surface area contributed by atoms with Crippen molar-refractivity contribution in [3.05, 3.63) is 83.7 Å². The first-order chi connectivity index (χ1) is 15.4. The Kier molecular flexibility index (Phi) is 7.83. The molecule has 0 bridgehead atoms. The highest BCUT2D eigenvalue weighted by Gasteiger charge is 2.21. The fourth-order valence-electron chi connectivity index (χ4n) is 3.16. The van der Waals surface area contributed by atoms with Gasteiger partial charge in [0, 0.05) is 17.8 Å². The number of aromatic nitrogens is 3. The number of hydrogen-bond acceptors (Lipinski definition) is 5. The average Bonchev–Trinajstić information content (AvgIpc) is 3.17. The summed E-state index contributed by atoms with van der Waals surface area (Å²) in [5.74, 6) is 0.491. The Hall–Kier alpha value is -3.39. The van der Waals surface area contributed by atoms with E-state index < -0.39 is 0 Å². The highest BCUT2D eigenvalue weighted by atomic mass is 32.2. The molecule has 32 heavy (non-hydrogen) atoms. The Morgan fingerprint density at radius 1 is 1.12 bits per heavy atom. The standard InChI is InChI=1S/C24H27N5O2S/c1-5-14-29-22(18(4)25-23(31)20-9-7-6-8-17(20)3)27-28-24(29)32-15-21(30)26-19-12-10-16(2)11-13-19/h5-13,18H,1,14-15H2,2-4H3,(H,25,31)(H,26,30)/t18-/m0/s1. The van der Waals surface area contributed by atoms with Gasteiger partial charge < -0.3 is 15.2 Å². The zero-order chi connectivity index (χ0) is 23.1. The van der Waals surface area contributed by atoms with Gasteiger partial charge in [-0.25, -0.2) is 0 Å². The normalized spacial score (nSPS) is 11.6. The highest BCUT2D eigenvalue weighted by molar-refractivity contribution is 7.99. The van der Waals surface area contributed by atoms with Gasteiger partial charge >= 0.3 is 0 Å². The molecule has 8 heteroatoms. The molecule has 0 aliphatic heterocycles. The Bertz CT molecular complexity index is 1110. The van der Waals surface area contributed by atoms with E-state index in [1.54, 1.807) is 12.1 Å². The number of thioether (sulfide) groups is 1. The number of nitrogens with zero attached hydrogens (tertiary/aromatic N) is 3. The molecule has 1 atom stereocenters. The van der Waals surface area contributed by atoms with Crippen molar-refractivity contribution < 1.29 is 9.59 Å². The van der Waals surface area contributed by atoms with Crippen molar-refractivity contribution in [2.24, 2.45) is 0 Å². The van der Waals surface area contributed by atoms with E-state index >= 15 is 0 Å². The van der Waals surface area contributed by atoms with Crippen molar-refractivity contribution >= 4 is 29.3 Å². The number of aryl methyl sites for hydroxylation is 2.